The first-order valence-electron chi connectivity index (χ1n) is 8.40. The molecule has 1 aliphatic rings. The molecular formula is C16H21N7O2. The van der Waals surface area contributed by atoms with Crippen LogP contribution < -0.4 is 5.32 Å². The lowest BCUT2D eigenvalue weighted by Gasteiger charge is -2.26. The Morgan fingerprint density at radius 1 is 1.24 bits per heavy atom. The Hall–Kier alpha value is -2.52. The maximum atomic E-state index is 5.37. The van der Waals surface area contributed by atoms with Crippen LogP contribution >= 0.6 is 0 Å². The van der Waals surface area contributed by atoms with Gasteiger partial charge in [0.05, 0.1) is 24.5 Å². The molecule has 0 spiro atoms. The van der Waals surface area contributed by atoms with E-state index in [1.165, 1.54) is 6.33 Å². The van der Waals surface area contributed by atoms with Crippen LogP contribution in [0.2, 0.25) is 0 Å². The number of anilines is 1. The first-order valence-corrected chi connectivity index (χ1v) is 8.40. The second-order valence-corrected chi connectivity index (χ2v) is 6.09. The zero-order valence-corrected chi connectivity index (χ0v) is 14.4. The molecule has 0 saturated carbocycles. The molecule has 4 heterocycles. The van der Waals surface area contributed by atoms with Gasteiger partial charge in [-0.2, -0.15) is 0 Å². The van der Waals surface area contributed by atoms with E-state index in [0.717, 1.165) is 67.7 Å². The van der Waals surface area contributed by atoms with Crippen LogP contribution in [0.25, 0.3) is 22.6 Å². The Morgan fingerprint density at radius 2 is 2.08 bits per heavy atom. The van der Waals surface area contributed by atoms with E-state index in [0.29, 0.717) is 11.5 Å². The Balaban J connectivity index is 1.53. The van der Waals surface area contributed by atoms with Gasteiger partial charge in [0, 0.05) is 26.2 Å². The molecule has 0 aliphatic carbocycles. The van der Waals surface area contributed by atoms with Crippen molar-refractivity contribution in [2.45, 2.75) is 13.8 Å². The van der Waals surface area contributed by atoms with Crippen LogP contribution in [0.5, 0.6) is 0 Å². The third-order valence-electron chi connectivity index (χ3n) is 4.38. The molecule has 9 heteroatoms. The fourth-order valence-corrected chi connectivity index (χ4v) is 3.06. The molecule has 1 aliphatic heterocycles. The number of hydrogen-bond donors (Lipinski definition) is 2. The summed E-state index contributed by atoms with van der Waals surface area (Å²) in [6.45, 7) is 9.06. The Morgan fingerprint density at radius 3 is 2.84 bits per heavy atom. The Labute approximate surface area is 144 Å². The number of fused-ring (bicyclic) bond motifs is 1. The number of rotatable bonds is 5. The number of aromatic nitrogens is 5. The van der Waals surface area contributed by atoms with Gasteiger partial charge in [-0.3, -0.25) is 4.90 Å². The van der Waals surface area contributed by atoms with E-state index in [1.54, 1.807) is 0 Å². The largest absolute Gasteiger partial charge is 0.379 e. The van der Waals surface area contributed by atoms with Gasteiger partial charge in [0.25, 0.3) is 0 Å². The molecule has 0 amide bonds. The van der Waals surface area contributed by atoms with Gasteiger partial charge in [-0.05, 0) is 13.8 Å². The Bertz CT molecular complexity index is 847. The van der Waals surface area contributed by atoms with Gasteiger partial charge < -0.3 is 19.6 Å². The van der Waals surface area contributed by atoms with Crippen molar-refractivity contribution in [1.82, 2.24) is 30.0 Å². The van der Waals surface area contributed by atoms with Crippen molar-refractivity contribution in [1.29, 1.82) is 0 Å². The van der Waals surface area contributed by atoms with Crippen molar-refractivity contribution in [3.63, 3.8) is 0 Å². The highest BCUT2D eigenvalue weighted by Gasteiger charge is 2.18. The zero-order chi connectivity index (χ0) is 17.2. The number of nitrogens with zero attached hydrogens (tertiary/aromatic N) is 5. The number of imidazole rings is 1. The highest BCUT2D eigenvalue weighted by atomic mass is 16.5. The van der Waals surface area contributed by atoms with E-state index in [4.69, 9.17) is 9.26 Å². The predicted octanol–water partition coefficient (Wildman–Crippen LogP) is 1.37. The lowest BCUT2D eigenvalue weighted by Crippen LogP contribution is -2.39. The molecule has 9 nitrogen and oxygen atoms in total. The summed E-state index contributed by atoms with van der Waals surface area (Å²) in [7, 11) is 0. The molecule has 2 N–H and O–H groups in total. The van der Waals surface area contributed by atoms with Gasteiger partial charge in [-0.25, -0.2) is 15.0 Å². The fraction of sp³-hybridized carbons (Fsp3) is 0.500. The second-order valence-electron chi connectivity index (χ2n) is 6.09. The molecule has 0 bridgehead atoms. The second kappa shape index (κ2) is 6.77. The predicted molar refractivity (Wildman–Crippen MR) is 92.4 cm³/mol. The molecule has 0 atom stereocenters. The molecule has 1 saturated heterocycles. The fourth-order valence-electron chi connectivity index (χ4n) is 3.06. The number of nitrogens with one attached hydrogen (secondary N) is 2. The normalized spacial score (nSPS) is 15.8. The molecule has 0 radical (unpaired) electrons. The van der Waals surface area contributed by atoms with E-state index in [-0.39, 0.29) is 0 Å². The minimum Gasteiger partial charge on any atom is -0.379 e. The van der Waals surface area contributed by atoms with E-state index in [1.807, 2.05) is 13.8 Å². The van der Waals surface area contributed by atoms with Gasteiger partial charge in [-0.1, -0.05) is 5.16 Å². The maximum Gasteiger partial charge on any atom is 0.183 e. The van der Waals surface area contributed by atoms with E-state index in [2.05, 4.69) is 35.3 Å². The number of H-pyrrole nitrogens is 1. The molecule has 3 aromatic heterocycles. The highest BCUT2D eigenvalue weighted by Crippen LogP contribution is 2.27. The molecular weight excluding hydrogens is 322 g/mol. The van der Waals surface area contributed by atoms with E-state index >= 15 is 0 Å². The van der Waals surface area contributed by atoms with Gasteiger partial charge in [0.1, 0.15) is 23.4 Å². The number of hydrogen-bond acceptors (Lipinski definition) is 8. The van der Waals surface area contributed by atoms with Crippen LogP contribution in [-0.2, 0) is 4.74 Å². The lowest BCUT2D eigenvalue weighted by molar-refractivity contribution is 0.0398. The van der Waals surface area contributed by atoms with Crippen molar-refractivity contribution in [2.24, 2.45) is 0 Å². The first-order chi connectivity index (χ1) is 12.2. The average Bonchev–Trinajstić information content (AvgIpc) is 3.19. The van der Waals surface area contributed by atoms with Gasteiger partial charge in [0.2, 0.25) is 0 Å². The van der Waals surface area contributed by atoms with E-state index < -0.39 is 0 Å². The smallest absolute Gasteiger partial charge is 0.183 e. The van der Waals surface area contributed by atoms with Crippen LogP contribution in [0.4, 0.5) is 5.82 Å². The zero-order valence-electron chi connectivity index (χ0n) is 14.4. The lowest BCUT2D eigenvalue weighted by atomic mass is 10.2. The maximum absolute atomic E-state index is 5.37. The van der Waals surface area contributed by atoms with Crippen LogP contribution in [-0.4, -0.2) is 69.4 Å². The molecule has 3 aromatic rings. The first kappa shape index (κ1) is 16.0. The van der Waals surface area contributed by atoms with Gasteiger partial charge in [0.15, 0.2) is 11.5 Å². The third kappa shape index (κ3) is 3.20. The SMILES string of the molecule is Cc1noc(C)c1-c1nc2ncnc(NCCN3CCOCC3)c2[nH]1. The van der Waals surface area contributed by atoms with Crippen molar-refractivity contribution in [3.8, 4) is 11.4 Å². The number of ether oxygens (including phenoxy) is 1. The quantitative estimate of drug-likeness (QED) is 0.716. The molecule has 25 heavy (non-hydrogen) atoms. The van der Waals surface area contributed by atoms with Gasteiger partial charge >= 0.3 is 0 Å². The monoisotopic (exact) mass is 343 g/mol. The minimum absolute atomic E-state index is 0.624. The average molecular weight is 343 g/mol. The summed E-state index contributed by atoms with van der Waals surface area (Å²) in [5, 5.41) is 7.36. The summed E-state index contributed by atoms with van der Waals surface area (Å²) in [6, 6.07) is 0. The summed E-state index contributed by atoms with van der Waals surface area (Å²) in [5.41, 5.74) is 3.09. The standard InChI is InChI=1S/C16H21N7O2/c1-10-12(11(2)25-22-10)14-20-13-15(18-9-19-16(13)21-14)17-3-4-23-5-7-24-8-6-23/h9H,3-8H2,1-2H3,(H2,17,18,19,20,21). The number of aromatic amines is 1. The molecule has 0 aromatic carbocycles. The van der Waals surface area contributed by atoms with Crippen LogP contribution in [0, 0.1) is 13.8 Å². The van der Waals surface area contributed by atoms with Crippen molar-refractivity contribution in [3.05, 3.63) is 17.8 Å². The minimum atomic E-state index is 0.624. The summed E-state index contributed by atoms with van der Waals surface area (Å²) in [5.74, 6) is 2.18. The molecule has 4 rings (SSSR count). The van der Waals surface area contributed by atoms with Crippen molar-refractivity contribution >= 4 is 17.0 Å². The topological polar surface area (TPSA) is 105 Å². The van der Waals surface area contributed by atoms with Crippen LogP contribution in [0.15, 0.2) is 10.9 Å². The molecule has 1 fully saturated rings. The van der Waals surface area contributed by atoms with Crippen molar-refractivity contribution in [2.75, 3.05) is 44.7 Å². The number of morpholine rings is 1. The summed E-state index contributed by atoms with van der Waals surface area (Å²) in [6.07, 6.45) is 1.53. The van der Waals surface area contributed by atoms with Crippen LogP contribution in [0.3, 0.4) is 0 Å². The summed E-state index contributed by atoms with van der Waals surface area (Å²) < 4.78 is 10.6. The molecule has 0 unspecified atom stereocenters. The third-order valence-corrected chi connectivity index (χ3v) is 4.38. The van der Waals surface area contributed by atoms with Crippen molar-refractivity contribution < 1.29 is 9.26 Å². The number of aryl methyl sites for hydroxylation is 2. The summed E-state index contributed by atoms with van der Waals surface area (Å²) >= 11 is 0. The summed E-state index contributed by atoms with van der Waals surface area (Å²) in [4.78, 5) is 18.8. The highest BCUT2D eigenvalue weighted by molar-refractivity contribution is 5.85. The Kier molecular flexibility index (Phi) is 4.33. The van der Waals surface area contributed by atoms with Crippen LogP contribution in [0.1, 0.15) is 11.5 Å². The molecule has 132 valence electrons. The van der Waals surface area contributed by atoms with E-state index in [9.17, 15) is 0 Å². The van der Waals surface area contributed by atoms with Gasteiger partial charge in [-0.15, -0.1) is 0 Å².